The molecule has 0 aromatic carbocycles. The lowest BCUT2D eigenvalue weighted by Gasteiger charge is -2.01. The first-order valence-electron chi connectivity index (χ1n) is 10.4. The molecule has 0 saturated carbocycles. The summed E-state index contributed by atoms with van der Waals surface area (Å²) < 4.78 is 0. The highest BCUT2D eigenvalue weighted by Crippen LogP contribution is 2.12. The Morgan fingerprint density at radius 2 is 1.19 bits per heavy atom. The summed E-state index contributed by atoms with van der Waals surface area (Å²) in [5, 5.41) is 0. The van der Waals surface area contributed by atoms with E-state index in [1.165, 1.54) is 48.0 Å². The molecule has 0 aliphatic heterocycles. The highest BCUT2D eigenvalue weighted by atomic mass is 14.0. The fourth-order valence-corrected chi connectivity index (χ4v) is 2.79. The van der Waals surface area contributed by atoms with Crippen LogP contribution in [0.1, 0.15) is 92.9 Å². The first-order valence-corrected chi connectivity index (χ1v) is 10.4. The van der Waals surface area contributed by atoms with Crippen LogP contribution in [0.4, 0.5) is 0 Å². The molecule has 0 fully saturated rings. The van der Waals surface area contributed by atoms with Gasteiger partial charge in [0, 0.05) is 0 Å². The van der Waals surface area contributed by atoms with Crippen molar-refractivity contribution in [2.45, 2.75) is 92.9 Å². The summed E-state index contributed by atoms with van der Waals surface area (Å²) in [5.41, 5.74) is 5.90. The standard InChI is InChI=1S/C26H42/c1-7-16-26(8-2)22-13-11-9-10-12-18-24(5)20-15-21-25(6)19-14-17-23(3)4/h7-9,11,16-18,21H,10,12-15,19-20,22H2,1-6H3/b11-9+,16-7-,24-18+,25-21+,26-8+. The molecule has 0 aliphatic carbocycles. The smallest absolute Gasteiger partial charge is 0.0248 e. The largest absolute Gasteiger partial charge is 0.0882 e. The van der Waals surface area contributed by atoms with Crippen LogP contribution in [0.2, 0.25) is 0 Å². The summed E-state index contributed by atoms with van der Waals surface area (Å²) in [4.78, 5) is 0. The number of hydrogen-bond donors (Lipinski definition) is 0. The summed E-state index contributed by atoms with van der Waals surface area (Å²) >= 11 is 0. The fraction of sp³-hybridized carbons (Fsp3) is 0.538. The molecule has 26 heavy (non-hydrogen) atoms. The minimum Gasteiger partial charge on any atom is -0.0882 e. The van der Waals surface area contributed by atoms with Gasteiger partial charge in [0.05, 0.1) is 0 Å². The summed E-state index contributed by atoms with van der Waals surface area (Å²) in [6.45, 7) is 13.1. The van der Waals surface area contributed by atoms with Gasteiger partial charge < -0.3 is 0 Å². The summed E-state index contributed by atoms with van der Waals surface area (Å²) in [6.07, 6.45) is 27.7. The molecule has 0 atom stereocenters. The topological polar surface area (TPSA) is 0 Å². The quantitative estimate of drug-likeness (QED) is 0.176. The van der Waals surface area contributed by atoms with E-state index in [9.17, 15) is 0 Å². The van der Waals surface area contributed by atoms with E-state index in [0.717, 1.165) is 25.7 Å². The van der Waals surface area contributed by atoms with Crippen LogP contribution < -0.4 is 0 Å². The van der Waals surface area contributed by atoms with Crippen LogP contribution in [-0.2, 0) is 0 Å². The van der Waals surface area contributed by atoms with Gasteiger partial charge in [-0.2, -0.15) is 0 Å². The third-order valence-electron chi connectivity index (χ3n) is 4.47. The van der Waals surface area contributed by atoms with E-state index in [1.807, 2.05) is 0 Å². The van der Waals surface area contributed by atoms with Gasteiger partial charge in [-0.15, -0.1) is 0 Å². The number of unbranched alkanes of at least 4 members (excludes halogenated alkanes) is 1. The molecule has 0 nitrogen and oxygen atoms in total. The van der Waals surface area contributed by atoms with Crippen molar-refractivity contribution in [1.29, 1.82) is 0 Å². The lowest BCUT2D eigenvalue weighted by molar-refractivity contribution is 0.906. The molecular weight excluding hydrogens is 312 g/mol. The van der Waals surface area contributed by atoms with Crippen LogP contribution in [0.25, 0.3) is 0 Å². The second-order valence-corrected chi connectivity index (χ2v) is 7.41. The lowest BCUT2D eigenvalue weighted by atomic mass is 10.1. The number of allylic oxidation sites excluding steroid dienone is 12. The van der Waals surface area contributed by atoms with Gasteiger partial charge in [-0.25, -0.2) is 0 Å². The van der Waals surface area contributed by atoms with E-state index in [2.05, 4.69) is 90.2 Å². The van der Waals surface area contributed by atoms with Crippen molar-refractivity contribution in [2.75, 3.05) is 0 Å². The molecule has 0 rings (SSSR count). The Labute approximate surface area is 164 Å². The molecule has 0 N–H and O–H groups in total. The Morgan fingerprint density at radius 1 is 0.615 bits per heavy atom. The van der Waals surface area contributed by atoms with Crippen molar-refractivity contribution in [1.82, 2.24) is 0 Å². The predicted octanol–water partition coefficient (Wildman–Crippen LogP) is 9.04. The van der Waals surface area contributed by atoms with Crippen LogP contribution in [-0.4, -0.2) is 0 Å². The molecule has 0 aromatic heterocycles. The van der Waals surface area contributed by atoms with Crippen LogP contribution >= 0.6 is 0 Å². The molecule has 0 amide bonds. The molecule has 0 heteroatoms. The van der Waals surface area contributed by atoms with E-state index >= 15 is 0 Å². The minimum atomic E-state index is 1.14. The van der Waals surface area contributed by atoms with Gasteiger partial charge in [-0.05, 0) is 92.9 Å². The van der Waals surface area contributed by atoms with Gasteiger partial charge in [0.25, 0.3) is 0 Å². The van der Waals surface area contributed by atoms with E-state index in [1.54, 1.807) is 0 Å². The Kier molecular flexibility index (Phi) is 15.9. The Balaban J connectivity index is 3.91. The summed E-state index contributed by atoms with van der Waals surface area (Å²) in [6, 6.07) is 0. The first-order chi connectivity index (χ1) is 12.5. The Bertz CT molecular complexity index is 528. The summed E-state index contributed by atoms with van der Waals surface area (Å²) in [7, 11) is 0. The van der Waals surface area contributed by atoms with Crippen molar-refractivity contribution in [2.24, 2.45) is 0 Å². The first kappa shape index (κ1) is 24.4. The van der Waals surface area contributed by atoms with Gasteiger partial charge in [0.1, 0.15) is 0 Å². The highest BCUT2D eigenvalue weighted by Gasteiger charge is 1.92. The second-order valence-electron chi connectivity index (χ2n) is 7.41. The third kappa shape index (κ3) is 15.9. The maximum absolute atomic E-state index is 2.42. The van der Waals surface area contributed by atoms with E-state index in [-0.39, 0.29) is 0 Å². The molecule has 0 aliphatic rings. The number of rotatable bonds is 13. The van der Waals surface area contributed by atoms with Crippen LogP contribution in [0, 0.1) is 0 Å². The van der Waals surface area contributed by atoms with Crippen molar-refractivity contribution in [3.8, 4) is 0 Å². The second kappa shape index (κ2) is 16.9. The average Bonchev–Trinajstić information content (AvgIpc) is 2.59. The normalized spacial score (nSPS) is 13.8. The Hall–Kier alpha value is -1.56. The molecule has 0 bridgehead atoms. The predicted molar refractivity (Wildman–Crippen MR) is 122 cm³/mol. The van der Waals surface area contributed by atoms with Crippen molar-refractivity contribution in [3.05, 3.63) is 70.9 Å². The van der Waals surface area contributed by atoms with Gasteiger partial charge in [0.15, 0.2) is 0 Å². The molecule has 0 unspecified atom stereocenters. The molecule has 146 valence electrons. The number of hydrogen-bond acceptors (Lipinski definition) is 0. The molecular formula is C26H42. The van der Waals surface area contributed by atoms with Gasteiger partial charge in [-0.1, -0.05) is 70.9 Å². The van der Waals surface area contributed by atoms with Crippen LogP contribution in [0.3, 0.4) is 0 Å². The molecule has 0 saturated heterocycles. The van der Waals surface area contributed by atoms with Gasteiger partial charge in [0.2, 0.25) is 0 Å². The minimum absolute atomic E-state index is 1.14. The van der Waals surface area contributed by atoms with E-state index in [0.29, 0.717) is 0 Å². The van der Waals surface area contributed by atoms with Crippen molar-refractivity contribution >= 4 is 0 Å². The maximum Gasteiger partial charge on any atom is -0.0248 e. The van der Waals surface area contributed by atoms with Gasteiger partial charge in [-0.3, -0.25) is 0 Å². The van der Waals surface area contributed by atoms with E-state index in [4.69, 9.17) is 0 Å². The third-order valence-corrected chi connectivity index (χ3v) is 4.47. The molecule has 0 radical (unpaired) electrons. The van der Waals surface area contributed by atoms with Crippen molar-refractivity contribution < 1.29 is 0 Å². The summed E-state index contributed by atoms with van der Waals surface area (Å²) in [5.74, 6) is 0. The molecule has 0 spiro atoms. The van der Waals surface area contributed by atoms with E-state index < -0.39 is 0 Å². The van der Waals surface area contributed by atoms with Crippen LogP contribution in [0.5, 0.6) is 0 Å². The fourth-order valence-electron chi connectivity index (χ4n) is 2.79. The zero-order chi connectivity index (χ0) is 19.6. The molecule has 0 aromatic rings. The monoisotopic (exact) mass is 354 g/mol. The van der Waals surface area contributed by atoms with Gasteiger partial charge >= 0.3 is 0 Å². The van der Waals surface area contributed by atoms with Crippen LogP contribution in [0.15, 0.2) is 70.9 Å². The zero-order valence-electron chi connectivity index (χ0n) is 18.3. The maximum atomic E-state index is 2.42. The zero-order valence-corrected chi connectivity index (χ0v) is 18.3. The average molecular weight is 355 g/mol. The SMILES string of the molecule is C/C=C\C(=C/C)CC/C=C/CC/C=C(\C)CC/C=C(\C)CCC=C(C)C. The lowest BCUT2D eigenvalue weighted by Crippen LogP contribution is -1.81. The Morgan fingerprint density at radius 3 is 1.77 bits per heavy atom. The molecule has 0 heterocycles. The highest BCUT2D eigenvalue weighted by molar-refractivity contribution is 5.17. The van der Waals surface area contributed by atoms with Crippen molar-refractivity contribution in [3.63, 3.8) is 0 Å².